The Hall–Kier alpha value is -0.670. The lowest BCUT2D eigenvalue weighted by Crippen LogP contribution is -2.39. The van der Waals surface area contributed by atoms with Gasteiger partial charge >= 0.3 is 0 Å². The van der Waals surface area contributed by atoms with Crippen molar-refractivity contribution in [3.63, 3.8) is 0 Å². The summed E-state index contributed by atoms with van der Waals surface area (Å²) < 4.78 is 11.3. The predicted molar refractivity (Wildman–Crippen MR) is 65.6 cm³/mol. The Balaban J connectivity index is 2.23. The Labute approximate surface area is 103 Å². The zero-order chi connectivity index (χ0) is 12.5. The van der Waals surface area contributed by atoms with E-state index in [1.54, 1.807) is 0 Å². The Kier molecular flexibility index (Phi) is 3.69. The molecule has 1 fully saturated rings. The molecule has 2 aliphatic rings. The molecule has 1 aliphatic carbocycles. The number of allylic oxidation sites excluding steroid dienone is 2. The van der Waals surface area contributed by atoms with Gasteiger partial charge in [-0.1, -0.05) is 25.0 Å². The molecule has 0 radical (unpaired) electrons. The Morgan fingerprint density at radius 2 is 2.00 bits per heavy atom. The third kappa shape index (κ3) is 2.31. The van der Waals surface area contributed by atoms with Gasteiger partial charge in [0.05, 0.1) is 13.2 Å². The Morgan fingerprint density at radius 3 is 2.59 bits per heavy atom. The number of carbonyl (C=O) groups is 1. The molecule has 0 aromatic rings. The average Bonchev–Trinajstić information content (AvgIpc) is 2.77. The summed E-state index contributed by atoms with van der Waals surface area (Å²) in [6.07, 6.45) is 3.62. The van der Waals surface area contributed by atoms with E-state index in [2.05, 4.69) is 20.8 Å². The summed E-state index contributed by atoms with van der Waals surface area (Å²) in [5.74, 6) is 0.364. The molecule has 0 bridgehead atoms. The number of ether oxygens (including phenoxy) is 2. The molecule has 96 valence electrons. The second kappa shape index (κ2) is 4.91. The third-order valence-corrected chi connectivity index (χ3v) is 4.31. The van der Waals surface area contributed by atoms with E-state index in [4.69, 9.17) is 9.47 Å². The van der Waals surface area contributed by atoms with Crippen molar-refractivity contribution >= 4 is 6.29 Å². The van der Waals surface area contributed by atoms with Crippen molar-refractivity contribution in [2.24, 2.45) is 11.3 Å². The number of carbonyl (C=O) groups excluding carboxylic acids is 1. The summed E-state index contributed by atoms with van der Waals surface area (Å²) in [5.41, 5.74) is 2.65. The van der Waals surface area contributed by atoms with E-state index in [-0.39, 0.29) is 11.7 Å². The molecule has 1 unspecified atom stereocenters. The summed E-state index contributed by atoms with van der Waals surface area (Å²) in [6, 6.07) is 0. The SMILES string of the molecule is CC1=C(CC=O)C(C)(C)C(C2OCCO2)CC1. The molecule has 0 aromatic heterocycles. The molecule has 17 heavy (non-hydrogen) atoms. The summed E-state index contributed by atoms with van der Waals surface area (Å²) in [4.78, 5) is 10.8. The zero-order valence-corrected chi connectivity index (χ0v) is 11.0. The van der Waals surface area contributed by atoms with Gasteiger partial charge in [-0.05, 0) is 25.2 Å². The molecule has 1 atom stereocenters. The molecule has 0 saturated carbocycles. The van der Waals surface area contributed by atoms with E-state index in [0.29, 0.717) is 25.6 Å². The summed E-state index contributed by atoms with van der Waals surface area (Å²) >= 11 is 0. The van der Waals surface area contributed by atoms with Gasteiger partial charge in [-0.3, -0.25) is 0 Å². The van der Waals surface area contributed by atoms with Crippen molar-refractivity contribution in [2.75, 3.05) is 13.2 Å². The maximum Gasteiger partial charge on any atom is 0.161 e. The van der Waals surface area contributed by atoms with Gasteiger partial charge in [-0.15, -0.1) is 0 Å². The standard InChI is InChI=1S/C14H22O3/c1-10-4-5-12(13-16-8-9-17-13)14(2,3)11(10)6-7-15/h7,12-13H,4-6,8-9H2,1-3H3. The molecule has 0 N–H and O–H groups in total. The van der Waals surface area contributed by atoms with Gasteiger partial charge < -0.3 is 14.3 Å². The van der Waals surface area contributed by atoms with Crippen LogP contribution in [-0.2, 0) is 14.3 Å². The molecule has 0 amide bonds. The Bertz CT molecular complexity index is 324. The fourth-order valence-electron chi connectivity index (χ4n) is 3.26. The van der Waals surface area contributed by atoms with Crippen LogP contribution < -0.4 is 0 Å². The van der Waals surface area contributed by atoms with Crippen LogP contribution in [-0.4, -0.2) is 25.8 Å². The monoisotopic (exact) mass is 238 g/mol. The van der Waals surface area contributed by atoms with Gasteiger partial charge in [0.15, 0.2) is 6.29 Å². The normalized spacial score (nSPS) is 29.7. The van der Waals surface area contributed by atoms with Gasteiger partial charge in [0.2, 0.25) is 0 Å². The van der Waals surface area contributed by atoms with Crippen LogP contribution in [0.25, 0.3) is 0 Å². The minimum absolute atomic E-state index is 0.00174. The maximum atomic E-state index is 10.8. The quantitative estimate of drug-likeness (QED) is 0.560. The van der Waals surface area contributed by atoms with E-state index in [1.807, 2.05) is 0 Å². The number of hydrogen-bond acceptors (Lipinski definition) is 3. The topological polar surface area (TPSA) is 35.5 Å². The van der Waals surface area contributed by atoms with Crippen molar-refractivity contribution < 1.29 is 14.3 Å². The van der Waals surface area contributed by atoms with Gasteiger partial charge in [-0.2, -0.15) is 0 Å². The van der Waals surface area contributed by atoms with Crippen LogP contribution in [0.4, 0.5) is 0 Å². The summed E-state index contributed by atoms with van der Waals surface area (Å²) in [7, 11) is 0. The van der Waals surface area contributed by atoms with Crippen molar-refractivity contribution in [2.45, 2.75) is 46.3 Å². The minimum Gasteiger partial charge on any atom is -0.350 e. The molecule has 1 saturated heterocycles. The fourth-order valence-corrected chi connectivity index (χ4v) is 3.26. The molecular formula is C14H22O3. The molecular weight excluding hydrogens is 216 g/mol. The lowest BCUT2D eigenvalue weighted by atomic mass is 9.64. The van der Waals surface area contributed by atoms with E-state index in [1.165, 1.54) is 11.1 Å². The van der Waals surface area contributed by atoms with E-state index < -0.39 is 0 Å². The van der Waals surface area contributed by atoms with E-state index in [9.17, 15) is 4.79 Å². The van der Waals surface area contributed by atoms with E-state index in [0.717, 1.165) is 19.1 Å². The number of hydrogen-bond donors (Lipinski definition) is 0. The van der Waals surface area contributed by atoms with Crippen molar-refractivity contribution in [1.29, 1.82) is 0 Å². The third-order valence-electron chi connectivity index (χ3n) is 4.31. The smallest absolute Gasteiger partial charge is 0.161 e. The number of rotatable bonds is 3. The van der Waals surface area contributed by atoms with Crippen molar-refractivity contribution in [3.8, 4) is 0 Å². The first kappa shape index (κ1) is 12.8. The zero-order valence-electron chi connectivity index (χ0n) is 11.0. The molecule has 0 spiro atoms. The van der Waals surface area contributed by atoms with Gasteiger partial charge in [0.25, 0.3) is 0 Å². The highest BCUT2D eigenvalue weighted by Crippen LogP contribution is 2.48. The van der Waals surface area contributed by atoms with Gasteiger partial charge in [0, 0.05) is 12.3 Å². The summed E-state index contributed by atoms with van der Waals surface area (Å²) in [6.45, 7) is 7.97. The average molecular weight is 238 g/mol. The van der Waals surface area contributed by atoms with Gasteiger partial charge in [-0.25, -0.2) is 0 Å². The highest BCUT2D eigenvalue weighted by atomic mass is 16.7. The molecule has 0 aromatic carbocycles. The highest BCUT2D eigenvalue weighted by molar-refractivity contribution is 5.56. The van der Waals surface area contributed by atoms with Crippen LogP contribution in [0.5, 0.6) is 0 Å². The van der Waals surface area contributed by atoms with Crippen LogP contribution in [0.2, 0.25) is 0 Å². The van der Waals surface area contributed by atoms with Crippen LogP contribution >= 0.6 is 0 Å². The molecule has 3 nitrogen and oxygen atoms in total. The van der Waals surface area contributed by atoms with Gasteiger partial charge in [0.1, 0.15) is 6.29 Å². The molecule has 2 rings (SSSR count). The highest BCUT2D eigenvalue weighted by Gasteiger charge is 2.43. The van der Waals surface area contributed by atoms with Crippen LogP contribution in [0.1, 0.15) is 40.0 Å². The lowest BCUT2D eigenvalue weighted by molar-refractivity contribution is -0.117. The van der Waals surface area contributed by atoms with E-state index >= 15 is 0 Å². The number of aldehydes is 1. The minimum atomic E-state index is -0.0836. The molecule has 3 heteroatoms. The molecule has 1 aliphatic heterocycles. The van der Waals surface area contributed by atoms with Crippen LogP contribution in [0.15, 0.2) is 11.1 Å². The largest absolute Gasteiger partial charge is 0.350 e. The maximum absolute atomic E-state index is 10.8. The lowest BCUT2D eigenvalue weighted by Gasteiger charge is -2.43. The first-order valence-corrected chi connectivity index (χ1v) is 6.43. The first-order valence-electron chi connectivity index (χ1n) is 6.43. The Morgan fingerprint density at radius 1 is 1.35 bits per heavy atom. The second-order valence-corrected chi connectivity index (χ2v) is 5.61. The predicted octanol–water partition coefficient (Wildman–Crippen LogP) is 2.70. The first-order chi connectivity index (χ1) is 8.07. The molecule has 1 heterocycles. The van der Waals surface area contributed by atoms with Crippen molar-refractivity contribution in [3.05, 3.63) is 11.1 Å². The second-order valence-electron chi connectivity index (χ2n) is 5.61. The fraction of sp³-hybridized carbons (Fsp3) is 0.786. The van der Waals surface area contributed by atoms with Crippen molar-refractivity contribution in [1.82, 2.24) is 0 Å². The summed E-state index contributed by atoms with van der Waals surface area (Å²) in [5, 5.41) is 0. The van der Waals surface area contributed by atoms with Crippen LogP contribution in [0.3, 0.4) is 0 Å². The van der Waals surface area contributed by atoms with Crippen LogP contribution in [0, 0.1) is 11.3 Å².